The number of rotatable bonds is 10. The number of halogens is 1. The van der Waals surface area contributed by atoms with Gasteiger partial charge in [0.15, 0.2) is 0 Å². The quantitative estimate of drug-likeness (QED) is 0.322. The number of piperazine rings is 1. The zero-order valence-corrected chi connectivity index (χ0v) is 25.2. The predicted molar refractivity (Wildman–Crippen MR) is 167 cm³/mol. The van der Waals surface area contributed by atoms with Crippen molar-refractivity contribution in [2.75, 3.05) is 56.2 Å². The Kier molecular flexibility index (Phi) is 9.75. The molecular formula is C32H37ClN4O3S. The van der Waals surface area contributed by atoms with Crippen molar-refractivity contribution in [1.29, 1.82) is 0 Å². The summed E-state index contributed by atoms with van der Waals surface area (Å²) in [6, 6.07) is 23.7. The first kappa shape index (κ1) is 29.3. The molecule has 0 radical (unpaired) electrons. The molecule has 5 rings (SSSR count). The van der Waals surface area contributed by atoms with E-state index in [1.165, 1.54) is 17.4 Å². The van der Waals surface area contributed by atoms with Gasteiger partial charge in [-0.1, -0.05) is 42.8 Å². The lowest BCUT2D eigenvalue weighted by atomic mass is 10.0. The van der Waals surface area contributed by atoms with Crippen molar-refractivity contribution in [2.24, 2.45) is 5.92 Å². The third kappa shape index (κ3) is 7.18. The van der Waals surface area contributed by atoms with Gasteiger partial charge in [-0.05, 0) is 67.1 Å². The van der Waals surface area contributed by atoms with Crippen molar-refractivity contribution in [3.63, 3.8) is 0 Å². The summed E-state index contributed by atoms with van der Waals surface area (Å²) in [5.41, 5.74) is 3.04. The van der Waals surface area contributed by atoms with Crippen LogP contribution in [0.2, 0.25) is 5.02 Å². The molecule has 0 bridgehead atoms. The number of carbonyl (C=O) groups excluding carboxylic acids is 2. The molecule has 41 heavy (non-hydrogen) atoms. The van der Waals surface area contributed by atoms with Crippen LogP contribution in [0.15, 0.2) is 77.7 Å². The number of fused-ring (bicyclic) bond motifs is 1. The van der Waals surface area contributed by atoms with Crippen molar-refractivity contribution < 1.29 is 14.3 Å². The fourth-order valence-corrected chi connectivity index (χ4v) is 6.87. The van der Waals surface area contributed by atoms with Gasteiger partial charge in [-0.2, -0.15) is 0 Å². The smallest absolute Gasteiger partial charge is 0.241 e. The van der Waals surface area contributed by atoms with Crippen LogP contribution in [-0.2, 0) is 16.1 Å². The van der Waals surface area contributed by atoms with Crippen molar-refractivity contribution >= 4 is 46.6 Å². The molecule has 0 aromatic heterocycles. The minimum atomic E-state index is -0.491. The Morgan fingerprint density at radius 1 is 1.05 bits per heavy atom. The Labute approximate surface area is 251 Å². The van der Waals surface area contributed by atoms with Gasteiger partial charge in [-0.3, -0.25) is 14.5 Å². The first-order valence-corrected chi connectivity index (χ1v) is 15.4. The molecule has 9 heteroatoms. The number of carbonyl (C=O) groups is 2. The van der Waals surface area contributed by atoms with Crippen LogP contribution in [0.5, 0.6) is 5.75 Å². The number of benzene rings is 3. The molecule has 3 aromatic carbocycles. The lowest BCUT2D eigenvalue weighted by Crippen LogP contribution is -2.48. The summed E-state index contributed by atoms with van der Waals surface area (Å²) < 4.78 is 5.26. The Balaban J connectivity index is 1.10. The zero-order valence-electron chi connectivity index (χ0n) is 23.6. The number of para-hydroxylation sites is 1. The summed E-state index contributed by atoms with van der Waals surface area (Å²) in [6.45, 7) is 7.73. The van der Waals surface area contributed by atoms with Gasteiger partial charge in [-0.15, -0.1) is 11.8 Å². The molecule has 1 saturated heterocycles. The van der Waals surface area contributed by atoms with Crippen LogP contribution in [0, 0.1) is 5.92 Å². The largest absolute Gasteiger partial charge is 0.497 e. The highest BCUT2D eigenvalue weighted by Crippen LogP contribution is 2.42. The molecule has 2 aliphatic rings. The van der Waals surface area contributed by atoms with Crippen molar-refractivity contribution in [3.8, 4) is 5.75 Å². The normalized spacial score (nSPS) is 18.1. The minimum absolute atomic E-state index is 0.0499. The second-order valence-corrected chi connectivity index (χ2v) is 12.1. The molecule has 3 aromatic rings. The summed E-state index contributed by atoms with van der Waals surface area (Å²) in [7, 11) is 1.68. The number of ether oxygens (including phenoxy) is 1. The number of hydrogen-bond donors (Lipinski definition) is 1. The molecule has 2 heterocycles. The maximum absolute atomic E-state index is 13.7. The Morgan fingerprint density at radius 2 is 1.80 bits per heavy atom. The van der Waals surface area contributed by atoms with E-state index >= 15 is 0 Å². The van der Waals surface area contributed by atoms with Gasteiger partial charge in [0.1, 0.15) is 11.0 Å². The molecule has 1 N–H and O–H groups in total. The van der Waals surface area contributed by atoms with E-state index < -0.39 is 11.2 Å². The van der Waals surface area contributed by atoms with E-state index in [0.717, 1.165) is 61.0 Å². The van der Waals surface area contributed by atoms with E-state index in [0.29, 0.717) is 18.1 Å². The first-order chi connectivity index (χ1) is 19.9. The monoisotopic (exact) mass is 592 g/mol. The van der Waals surface area contributed by atoms with Gasteiger partial charge in [0.05, 0.1) is 25.3 Å². The van der Waals surface area contributed by atoms with Crippen molar-refractivity contribution in [2.45, 2.75) is 30.0 Å². The van der Waals surface area contributed by atoms with Gasteiger partial charge < -0.3 is 19.9 Å². The predicted octanol–water partition coefficient (Wildman–Crippen LogP) is 5.32. The van der Waals surface area contributed by atoms with Gasteiger partial charge in [0.25, 0.3) is 0 Å². The summed E-state index contributed by atoms with van der Waals surface area (Å²) in [6.07, 6.45) is 0.872. The lowest BCUT2D eigenvalue weighted by Gasteiger charge is -2.36. The summed E-state index contributed by atoms with van der Waals surface area (Å²) in [5, 5.41) is 3.24. The van der Waals surface area contributed by atoms with E-state index in [1.54, 1.807) is 12.0 Å². The average molecular weight is 593 g/mol. The molecule has 2 aliphatic heterocycles. The summed E-state index contributed by atoms with van der Waals surface area (Å²) >= 11 is 7.68. The molecule has 2 atom stereocenters. The fourth-order valence-electron chi connectivity index (χ4n) is 5.37. The van der Waals surface area contributed by atoms with Crippen LogP contribution >= 0.6 is 23.4 Å². The molecule has 0 spiro atoms. The van der Waals surface area contributed by atoms with Gasteiger partial charge >= 0.3 is 0 Å². The van der Waals surface area contributed by atoms with Crippen molar-refractivity contribution in [1.82, 2.24) is 10.2 Å². The molecule has 216 valence electrons. The van der Waals surface area contributed by atoms with E-state index in [4.69, 9.17) is 16.3 Å². The fraction of sp³-hybridized carbons (Fsp3) is 0.375. The Bertz CT molecular complexity index is 1350. The van der Waals surface area contributed by atoms with Gasteiger partial charge in [0, 0.05) is 48.3 Å². The van der Waals surface area contributed by atoms with Crippen LogP contribution in [0.1, 0.15) is 18.9 Å². The molecule has 0 aliphatic carbocycles. The average Bonchev–Trinajstić information content (AvgIpc) is 3.00. The van der Waals surface area contributed by atoms with E-state index in [2.05, 4.69) is 27.2 Å². The highest BCUT2D eigenvalue weighted by molar-refractivity contribution is 8.01. The van der Waals surface area contributed by atoms with Crippen LogP contribution < -0.4 is 19.9 Å². The van der Waals surface area contributed by atoms with E-state index in [1.807, 2.05) is 67.6 Å². The number of methoxy groups -OCH3 is 1. The summed E-state index contributed by atoms with van der Waals surface area (Å²) in [4.78, 5) is 34.5. The lowest BCUT2D eigenvalue weighted by molar-refractivity contribution is -0.128. The maximum atomic E-state index is 13.7. The molecule has 7 nitrogen and oxygen atoms in total. The van der Waals surface area contributed by atoms with Crippen LogP contribution in [-0.4, -0.2) is 68.3 Å². The number of hydrogen-bond acceptors (Lipinski definition) is 6. The zero-order chi connectivity index (χ0) is 28.8. The van der Waals surface area contributed by atoms with Crippen LogP contribution in [0.4, 0.5) is 11.4 Å². The molecule has 1 fully saturated rings. The Morgan fingerprint density at radius 3 is 2.54 bits per heavy atom. The maximum Gasteiger partial charge on any atom is 0.241 e. The molecule has 2 amide bonds. The third-order valence-electron chi connectivity index (χ3n) is 7.78. The number of nitrogens with zero attached hydrogens (tertiary/aromatic N) is 3. The van der Waals surface area contributed by atoms with Gasteiger partial charge in [-0.25, -0.2) is 0 Å². The van der Waals surface area contributed by atoms with Crippen LogP contribution in [0.3, 0.4) is 0 Å². The first-order valence-electron chi connectivity index (χ1n) is 14.1. The van der Waals surface area contributed by atoms with Crippen molar-refractivity contribution in [3.05, 3.63) is 83.4 Å². The Hall–Kier alpha value is -3.20. The topological polar surface area (TPSA) is 65.1 Å². The third-order valence-corrected chi connectivity index (χ3v) is 9.48. The molecule has 0 saturated carbocycles. The highest BCUT2D eigenvalue weighted by atomic mass is 35.5. The van der Waals surface area contributed by atoms with E-state index in [9.17, 15) is 9.59 Å². The number of nitrogens with one attached hydrogen (secondary N) is 1. The van der Waals surface area contributed by atoms with Crippen LogP contribution in [0.25, 0.3) is 0 Å². The highest BCUT2D eigenvalue weighted by Gasteiger charge is 2.39. The second-order valence-electron chi connectivity index (χ2n) is 10.5. The standard InChI is InChI=1S/C32H37ClN4O3S/c1-23(30-32(39)37(22-24-7-5-8-25(33)21-24)28-9-3-4-10-29(28)41-30)31(38)34-15-6-16-35-17-19-36(20-18-35)26-11-13-27(40-2)14-12-26/h3-5,7-14,21,23,30H,6,15-20,22H2,1-2H3,(H,34,38). The number of thioether (sulfide) groups is 1. The summed E-state index contributed by atoms with van der Waals surface area (Å²) in [5.74, 6) is 0.277. The van der Waals surface area contributed by atoms with Gasteiger partial charge in [0.2, 0.25) is 11.8 Å². The SMILES string of the molecule is COc1ccc(N2CCN(CCCNC(=O)C(C)C3Sc4ccccc4N(Cc4cccc(Cl)c4)C3=O)CC2)cc1. The molecule has 2 unspecified atom stereocenters. The second kappa shape index (κ2) is 13.6. The number of anilines is 2. The van der Waals surface area contributed by atoms with E-state index in [-0.39, 0.29) is 11.8 Å². The minimum Gasteiger partial charge on any atom is -0.497 e. The molecular weight excluding hydrogens is 556 g/mol. The number of amides is 2.